The Bertz CT molecular complexity index is 448. The Kier molecular flexibility index (Phi) is 4.42. The zero-order valence-corrected chi connectivity index (χ0v) is 10.6. The third-order valence-corrected chi connectivity index (χ3v) is 2.85. The van der Waals surface area contributed by atoms with Crippen molar-refractivity contribution in [2.75, 3.05) is 11.9 Å². The summed E-state index contributed by atoms with van der Waals surface area (Å²) in [6, 6.07) is 12.4. The summed E-state index contributed by atoms with van der Waals surface area (Å²) in [5.74, 6) is 0.993. The first kappa shape index (κ1) is 12.7. The Hall–Kier alpha value is -1.74. The Morgan fingerprint density at radius 1 is 1.22 bits per heavy atom. The Balaban J connectivity index is 1.88. The molecule has 0 radical (unpaired) electrons. The van der Waals surface area contributed by atoms with Gasteiger partial charge in [0.15, 0.2) is 0 Å². The first-order chi connectivity index (χ1) is 8.78. The molecule has 1 unspecified atom stereocenters. The van der Waals surface area contributed by atoms with Crippen molar-refractivity contribution in [3.8, 4) is 0 Å². The van der Waals surface area contributed by atoms with Crippen molar-refractivity contribution in [3.05, 3.63) is 54.0 Å². The number of hydrogen-bond acceptors (Lipinski definition) is 3. The highest BCUT2D eigenvalue weighted by molar-refractivity contribution is 5.45. The maximum atomic E-state index is 8.85. The van der Waals surface area contributed by atoms with E-state index in [9.17, 15) is 0 Å². The molecule has 18 heavy (non-hydrogen) atoms. The lowest BCUT2D eigenvalue weighted by atomic mass is 10.1. The average molecular weight is 245 g/mol. The van der Waals surface area contributed by atoms with E-state index >= 15 is 0 Å². The number of nitrogens with one attached hydrogen (secondary N) is 1. The van der Waals surface area contributed by atoms with Gasteiger partial charge in [0.05, 0.1) is 6.26 Å². The van der Waals surface area contributed by atoms with Gasteiger partial charge in [-0.25, -0.2) is 0 Å². The fraction of sp³-hybridized carbons (Fsp3) is 0.333. The van der Waals surface area contributed by atoms with E-state index in [0.29, 0.717) is 12.5 Å². The maximum Gasteiger partial charge on any atom is 0.105 e. The SMILES string of the molecule is CC(Cc1ccco1)Nc1ccc(CCO)cc1. The standard InChI is InChI=1S/C15H19NO2/c1-12(11-15-3-2-10-18-15)16-14-6-4-13(5-7-14)8-9-17/h2-7,10,12,16-17H,8-9,11H2,1H3. The fourth-order valence-electron chi connectivity index (χ4n) is 1.96. The zero-order valence-electron chi connectivity index (χ0n) is 10.6. The molecule has 1 aromatic carbocycles. The smallest absolute Gasteiger partial charge is 0.105 e. The molecule has 1 atom stereocenters. The molecule has 1 heterocycles. The van der Waals surface area contributed by atoms with Gasteiger partial charge in [0.25, 0.3) is 0 Å². The topological polar surface area (TPSA) is 45.4 Å². The number of hydrogen-bond donors (Lipinski definition) is 2. The van der Waals surface area contributed by atoms with Crippen LogP contribution in [0.5, 0.6) is 0 Å². The van der Waals surface area contributed by atoms with E-state index in [1.54, 1.807) is 6.26 Å². The van der Waals surface area contributed by atoms with Gasteiger partial charge < -0.3 is 14.8 Å². The number of aliphatic hydroxyl groups is 1. The monoisotopic (exact) mass is 245 g/mol. The minimum absolute atomic E-state index is 0.196. The van der Waals surface area contributed by atoms with Crippen molar-refractivity contribution in [1.82, 2.24) is 0 Å². The number of aliphatic hydroxyl groups excluding tert-OH is 1. The number of furan rings is 1. The predicted octanol–water partition coefficient (Wildman–Crippen LogP) is 2.86. The lowest BCUT2D eigenvalue weighted by molar-refractivity contribution is 0.299. The van der Waals surface area contributed by atoms with Crippen LogP contribution in [-0.4, -0.2) is 17.8 Å². The summed E-state index contributed by atoms with van der Waals surface area (Å²) in [4.78, 5) is 0. The summed E-state index contributed by atoms with van der Waals surface area (Å²) in [5, 5.41) is 12.3. The molecule has 96 valence electrons. The molecule has 0 amide bonds. The van der Waals surface area contributed by atoms with E-state index in [1.165, 1.54) is 0 Å². The largest absolute Gasteiger partial charge is 0.469 e. The van der Waals surface area contributed by atoms with E-state index in [4.69, 9.17) is 9.52 Å². The van der Waals surface area contributed by atoms with Crippen LogP contribution in [0.1, 0.15) is 18.2 Å². The van der Waals surface area contributed by atoms with Crippen molar-refractivity contribution < 1.29 is 9.52 Å². The molecule has 0 saturated carbocycles. The van der Waals surface area contributed by atoms with Gasteiger partial charge in [-0.05, 0) is 43.2 Å². The zero-order chi connectivity index (χ0) is 12.8. The number of anilines is 1. The molecule has 3 heteroatoms. The van der Waals surface area contributed by atoms with Gasteiger partial charge >= 0.3 is 0 Å². The van der Waals surface area contributed by atoms with Gasteiger partial charge in [-0.3, -0.25) is 0 Å². The van der Waals surface area contributed by atoms with Crippen LogP contribution < -0.4 is 5.32 Å². The lowest BCUT2D eigenvalue weighted by Gasteiger charge is -2.14. The van der Waals surface area contributed by atoms with Crippen LogP contribution in [0.4, 0.5) is 5.69 Å². The summed E-state index contributed by atoms with van der Waals surface area (Å²) in [5.41, 5.74) is 2.25. The lowest BCUT2D eigenvalue weighted by Crippen LogP contribution is -2.17. The van der Waals surface area contributed by atoms with Gasteiger partial charge in [-0.1, -0.05) is 12.1 Å². The summed E-state index contributed by atoms with van der Waals surface area (Å²) in [6.07, 6.45) is 3.28. The molecule has 1 aromatic heterocycles. The van der Waals surface area contributed by atoms with Gasteiger partial charge in [0.2, 0.25) is 0 Å². The molecule has 0 saturated heterocycles. The molecular weight excluding hydrogens is 226 g/mol. The maximum absolute atomic E-state index is 8.85. The van der Waals surface area contributed by atoms with Crippen molar-refractivity contribution in [2.45, 2.75) is 25.8 Å². The second-order valence-corrected chi connectivity index (χ2v) is 4.50. The summed E-state index contributed by atoms with van der Waals surface area (Å²) in [6.45, 7) is 2.33. The van der Waals surface area contributed by atoms with Crippen LogP contribution in [0.15, 0.2) is 47.1 Å². The number of rotatable bonds is 6. The van der Waals surface area contributed by atoms with E-state index in [-0.39, 0.29) is 6.61 Å². The van der Waals surface area contributed by atoms with Crippen LogP contribution in [0.2, 0.25) is 0 Å². The molecule has 0 bridgehead atoms. The summed E-state index contributed by atoms with van der Waals surface area (Å²) < 4.78 is 5.33. The first-order valence-corrected chi connectivity index (χ1v) is 6.26. The highest BCUT2D eigenvalue weighted by Crippen LogP contribution is 2.13. The number of benzene rings is 1. The van der Waals surface area contributed by atoms with Crippen molar-refractivity contribution >= 4 is 5.69 Å². The highest BCUT2D eigenvalue weighted by Gasteiger charge is 2.05. The van der Waals surface area contributed by atoms with E-state index < -0.39 is 0 Å². The second kappa shape index (κ2) is 6.26. The normalized spacial score (nSPS) is 12.3. The fourth-order valence-corrected chi connectivity index (χ4v) is 1.96. The van der Waals surface area contributed by atoms with Crippen LogP contribution in [-0.2, 0) is 12.8 Å². The Morgan fingerprint density at radius 2 is 2.00 bits per heavy atom. The van der Waals surface area contributed by atoms with Gasteiger partial charge in [0.1, 0.15) is 5.76 Å². The minimum atomic E-state index is 0.196. The third-order valence-electron chi connectivity index (χ3n) is 2.85. The molecule has 0 aliphatic heterocycles. The van der Waals surface area contributed by atoms with Gasteiger partial charge in [-0.15, -0.1) is 0 Å². The van der Waals surface area contributed by atoms with Crippen molar-refractivity contribution in [1.29, 1.82) is 0 Å². The van der Waals surface area contributed by atoms with Gasteiger partial charge in [-0.2, -0.15) is 0 Å². The van der Waals surface area contributed by atoms with E-state index in [1.807, 2.05) is 36.4 Å². The molecular formula is C15H19NO2. The molecule has 2 N–H and O–H groups in total. The molecule has 0 aliphatic rings. The van der Waals surface area contributed by atoms with Crippen molar-refractivity contribution in [2.24, 2.45) is 0 Å². The minimum Gasteiger partial charge on any atom is -0.469 e. The van der Waals surface area contributed by atoms with Crippen LogP contribution in [0.3, 0.4) is 0 Å². The predicted molar refractivity (Wildman–Crippen MR) is 72.7 cm³/mol. The molecule has 0 fully saturated rings. The van der Waals surface area contributed by atoms with Crippen LogP contribution >= 0.6 is 0 Å². The van der Waals surface area contributed by atoms with Crippen molar-refractivity contribution in [3.63, 3.8) is 0 Å². The van der Waals surface area contributed by atoms with E-state index in [0.717, 1.165) is 23.4 Å². The molecule has 3 nitrogen and oxygen atoms in total. The average Bonchev–Trinajstić information content (AvgIpc) is 2.84. The molecule has 0 aliphatic carbocycles. The highest BCUT2D eigenvalue weighted by atomic mass is 16.3. The van der Waals surface area contributed by atoms with Crippen LogP contribution in [0, 0.1) is 0 Å². The van der Waals surface area contributed by atoms with Gasteiger partial charge in [0, 0.05) is 24.8 Å². The summed E-state index contributed by atoms with van der Waals surface area (Å²) in [7, 11) is 0. The molecule has 2 aromatic rings. The molecule has 2 rings (SSSR count). The Labute approximate surface area is 107 Å². The first-order valence-electron chi connectivity index (χ1n) is 6.26. The molecule has 0 spiro atoms. The third kappa shape index (κ3) is 3.64. The quantitative estimate of drug-likeness (QED) is 0.822. The van der Waals surface area contributed by atoms with E-state index in [2.05, 4.69) is 12.2 Å². The second-order valence-electron chi connectivity index (χ2n) is 4.50. The Morgan fingerprint density at radius 3 is 2.61 bits per heavy atom. The summed E-state index contributed by atoms with van der Waals surface area (Å²) >= 11 is 0. The van der Waals surface area contributed by atoms with Crippen LogP contribution in [0.25, 0.3) is 0 Å².